The van der Waals surface area contributed by atoms with Crippen molar-refractivity contribution >= 4 is 11.9 Å². The summed E-state index contributed by atoms with van der Waals surface area (Å²) in [6.07, 6.45) is 2.71. The first kappa shape index (κ1) is 16.0. The highest BCUT2D eigenvalue weighted by Crippen LogP contribution is 2.48. The molecule has 1 amide bonds. The number of nitrogens with zero attached hydrogens (tertiary/aromatic N) is 2. The molecule has 1 saturated heterocycles. The molecule has 1 heterocycles. The van der Waals surface area contributed by atoms with Gasteiger partial charge in [0, 0.05) is 26.7 Å². The van der Waals surface area contributed by atoms with Crippen LogP contribution in [0.5, 0.6) is 0 Å². The van der Waals surface area contributed by atoms with E-state index in [4.69, 9.17) is 0 Å². The molecule has 1 aliphatic carbocycles. The molecule has 0 radical (unpaired) electrons. The summed E-state index contributed by atoms with van der Waals surface area (Å²) < 4.78 is 0. The minimum Gasteiger partial charge on any atom is -0.481 e. The van der Waals surface area contributed by atoms with E-state index in [0.29, 0.717) is 19.6 Å². The number of hydrogen-bond donors (Lipinski definition) is 1. The Morgan fingerprint density at radius 3 is 2.74 bits per heavy atom. The number of carbonyl (C=O) groups excluding carboxylic acids is 1. The van der Waals surface area contributed by atoms with Crippen molar-refractivity contribution < 1.29 is 14.7 Å². The van der Waals surface area contributed by atoms with E-state index < -0.39 is 11.4 Å². The highest BCUT2D eigenvalue weighted by Gasteiger charge is 2.54. The molecule has 1 N–H and O–H groups in total. The van der Waals surface area contributed by atoms with E-state index in [2.05, 4.69) is 0 Å². The number of carbonyl (C=O) groups is 2. The lowest BCUT2D eigenvalue weighted by Gasteiger charge is -2.24. The van der Waals surface area contributed by atoms with E-state index in [1.54, 1.807) is 11.9 Å². The number of hydrogen-bond acceptors (Lipinski definition) is 3. The van der Waals surface area contributed by atoms with Gasteiger partial charge in [-0.05, 0) is 24.3 Å². The monoisotopic (exact) mass is 316 g/mol. The van der Waals surface area contributed by atoms with Crippen LogP contribution in [0.1, 0.15) is 24.8 Å². The molecule has 2 atom stereocenters. The van der Waals surface area contributed by atoms with Crippen molar-refractivity contribution in [3.05, 3.63) is 35.9 Å². The molecule has 0 unspecified atom stereocenters. The number of carboxylic acids is 1. The molecule has 0 aromatic heterocycles. The second-order valence-corrected chi connectivity index (χ2v) is 6.96. The molecule has 1 aromatic carbocycles. The smallest absolute Gasteiger partial charge is 0.311 e. The number of amides is 1. The summed E-state index contributed by atoms with van der Waals surface area (Å²) in [6, 6.07) is 9.89. The van der Waals surface area contributed by atoms with Crippen molar-refractivity contribution in [3.63, 3.8) is 0 Å². The maximum atomic E-state index is 12.4. The summed E-state index contributed by atoms with van der Waals surface area (Å²) in [5.41, 5.74) is 0.488. The van der Waals surface area contributed by atoms with E-state index in [1.807, 2.05) is 35.2 Å². The molecule has 1 saturated carbocycles. The van der Waals surface area contributed by atoms with Crippen LogP contribution >= 0.6 is 0 Å². The van der Waals surface area contributed by atoms with Crippen molar-refractivity contribution in [2.45, 2.75) is 25.8 Å². The van der Waals surface area contributed by atoms with Gasteiger partial charge in [0.2, 0.25) is 5.91 Å². The largest absolute Gasteiger partial charge is 0.481 e. The van der Waals surface area contributed by atoms with E-state index in [9.17, 15) is 14.7 Å². The average molecular weight is 316 g/mol. The van der Waals surface area contributed by atoms with Crippen molar-refractivity contribution in [3.8, 4) is 0 Å². The highest BCUT2D eigenvalue weighted by atomic mass is 16.4. The predicted octanol–water partition coefficient (Wildman–Crippen LogP) is 1.83. The summed E-state index contributed by atoms with van der Waals surface area (Å²) in [7, 11) is 1.80. The molecule has 1 aromatic rings. The molecule has 2 aliphatic rings. The Balaban J connectivity index is 1.58. The maximum Gasteiger partial charge on any atom is 0.311 e. The topological polar surface area (TPSA) is 60.9 Å². The van der Waals surface area contributed by atoms with Crippen molar-refractivity contribution in [2.75, 3.05) is 26.7 Å². The zero-order chi connectivity index (χ0) is 16.4. The second kappa shape index (κ2) is 6.32. The lowest BCUT2D eigenvalue weighted by atomic mass is 9.81. The third-order valence-electron chi connectivity index (χ3n) is 5.41. The van der Waals surface area contributed by atoms with Crippen LogP contribution in [0, 0.1) is 11.3 Å². The second-order valence-electron chi connectivity index (χ2n) is 6.96. The first-order valence-electron chi connectivity index (χ1n) is 8.25. The molecular formula is C18H24N2O3. The third-order valence-corrected chi connectivity index (χ3v) is 5.41. The molecule has 0 bridgehead atoms. The van der Waals surface area contributed by atoms with Crippen LogP contribution in [0.4, 0.5) is 0 Å². The zero-order valence-corrected chi connectivity index (χ0v) is 13.6. The van der Waals surface area contributed by atoms with E-state index in [0.717, 1.165) is 31.4 Å². The fourth-order valence-corrected chi connectivity index (χ4v) is 4.12. The Kier molecular flexibility index (Phi) is 4.39. The molecule has 5 heteroatoms. The molecule has 0 spiro atoms. The molecular weight excluding hydrogens is 292 g/mol. The first-order valence-corrected chi connectivity index (χ1v) is 8.25. The van der Waals surface area contributed by atoms with E-state index in [-0.39, 0.29) is 11.8 Å². The molecule has 3 rings (SSSR count). The van der Waals surface area contributed by atoms with Gasteiger partial charge in [-0.15, -0.1) is 0 Å². The van der Waals surface area contributed by atoms with Crippen molar-refractivity contribution in [1.82, 2.24) is 9.80 Å². The van der Waals surface area contributed by atoms with Gasteiger partial charge in [0.05, 0.1) is 12.0 Å². The maximum absolute atomic E-state index is 12.4. The third kappa shape index (κ3) is 3.11. The van der Waals surface area contributed by atoms with E-state index in [1.165, 1.54) is 0 Å². The number of rotatable bonds is 5. The number of fused-ring (bicyclic) bond motifs is 1. The van der Waals surface area contributed by atoms with Gasteiger partial charge in [-0.2, -0.15) is 0 Å². The first-order chi connectivity index (χ1) is 11.0. The van der Waals surface area contributed by atoms with Crippen LogP contribution in [0.3, 0.4) is 0 Å². The Bertz CT molecular complexity index is 589. The van der Waals surface area contributed by atoms with Crippen molar-refractivity contribution in [2.24, 2.45) is 11.3 Å². The van der Waals surface area contributed by atoms with Crippen LogP contribution in [0.15, 0.2) is 30.3 Å². The number of likely N-dealkylation sites (tertiary alicyclic amines) is 1. The fourth-order valence-electron chi connectivity index (χ4n) is 4.12. The normalized spacial score (nSPS) is 26.9. The minimum absolute atomic E-state index is 0.0503. The molecule has 23 heavy (non-hydrogen) atoms. The summed E-state index contributed by atoms with van der Waals surface area (Å²) in [5, 5.41) is 9.61. The number of carboxylic acid groups (broad SMARTS) is 1. The van der Waals surface area contributed by atoms with E-state index >= 15 is 0 Å². The quantitative estimate of drug-likeness (QED) is 0.900. The Hall–Kier alpha value is -1.88. The summed E-state index contributed by atoms with van der Waals surface area (Å²) in [6.45, 7) is 2.14. The fraction of sp³-hybridized carbons (Fsp3) is 0.556. The van der Waals surface area contributed by atoms with Gasteiger partial charge >= 0.3 is 5.97 Å². The van der Waals surface area contributed by atoms with Gasteiger partial charge in [0.25, 0.3) is 0 Å². The highest BCUT2D eigenvalue weighted by molar-refractivity contribution is 5.79. The van der Waals surface area contributed by atoms with Gasteiger partial charge in [-0.1, -0.05) is 36.8 Å². The molecule has 1 aliphatic heterocycles. The molecule has 2 fully saturated rings. The number of aliphatic carboxylic acids is 1. The van der Waals surface area contributed by atoms with Crippen LogP contribution < -0.4 is 0 Å². The van der Waals surface area contributed by atoms with Crippen LogP contribution in [-0.4, -0.2) is 53.5 Å². The Labute approximate surface area is 136 Å². The Morgan fingerprint density at radius 1 is 1.35 bits per heavy atom. The molecule has 124 valence electrons. The minimum atomic E-state index is -0.687. The van der Waals surface area contributed by atoms with Gasteiger partial charge in [-0.3, -0.25) is 14.5 Å². The van der Waals surface area contributed by atoms with Gasteiger partial charge in [-0.25, -0.2) is 0 Å². The summed E-state index contributed by atoms with van der Waals surface area (Å²) >= 11 is 0. The van der Waals surface area contributed by atoms with Gasteiger partial charge < -0.3 is 10.0 Å². The zero-order valence-electron chi connectivity index (χ0n) is 13.6. The van der Waals surface area contributed by atoms with Gasteiger partial charge in [0.1, 0.15) is 0 Å². The molecule has 5 nitrogen and oxygen atoms in total. The van der Waals surface area contributed by atoms with Crippen LogP contribution in [0.25, 0.3) is 0 Å². The lowest BCUT2D eigenvalue weighted by molar-refractivity contribution is -0.149. The number of likely N-dealkylation sites (N-methyl/N-ethyl adjacent to an activating group) is 1. The number of benzene rings is 1. The predicted molar refractivity (Wildman–Crippen MR) is 86.8 cm³/mol. The average Bonchev–Trinajstić information content (AvgIpc) is 3.06. The van der Waals surface area contributed by atoms with Crippen LogP contribution in [-0.2, 0) is 16.1 Å². The Morgan fingerprint density at radius 2 is 2.09 bits per heavy atom. The van der Waals surface area contributed by atoms with Crippen LogP contribution in [0.2, 0.25) is 0 Å². The summed E-state index contributed by atoms with van der Waals surface area (Å²) in [4.78, 5) is 27.9. The SMILES string of the molecule is CN(Cc1ccccc1)C(=O)CN1C[C@@H]2CCC[C@@]2(C(=O)O)C1. The lowest BCUT2D eigenvalue weighted by Crippen LogP contribution is -2.40. The van der Waals surface area contributed by atoms with Crippen molar-refractivity contribution in [1.29, 1.82) is 0 Å². The standard InChI is InChI=1S/C18H24N2O3/c1-19(10-14-6-3-2-4-7-14)16(21)12-20-11-15-8-5-9-18(15,13-20)17(22)23/h2-4,6-7,15H,5,8-13H2,1H3,(H,22,23)/t15-,18+/m0/s1. The van der Waals surface area contributed by atoms with Gasteiger partial charge in [0.15, 0.2) is 0 Å². The summed E-state index contributed by atoms with van der Waals surface area (Å²) in [5.74, 6) is -0.436.